The number of ether oxygens (including phenoxy) is 1. The molecule has 0 unspecified atom stereocenters. The summed E-state index contributed by atoms with van der Waals surface area (Å²) in [4.78, 5) is 0. The van der Waals surface area contributed by atoms with E-state index in [1.807, 2.05) is 0 Å². The normalized spacial score (nSPS) is 15.5. The molecule has 3 rings (SSSR count). The number of aryl methyl sites for hydroxylation is 1. The first-order valence-electron chi connectivity index (χ1n) is 7.33. The summed E-state index contributed by atoms with van der Waals surface area (Å²) in [7, 11) is 0. The van der Waals surface area contributed by atoms with Crippen molar-refractivity contribution < 1.29 is 4.74 Å². The van der Waals surface area contributed by atoms with E-state index >= 15 is 0 Å². The second-order valence-corrected chi connectivity index (χ2v) is 6.64. The molecule has 1 aliphatic rings. The SMILES string of the molecule is Cc1ccc2c(c1)C(C)(C)c1ccc(C(C)C)cc1O2. The molecule has 104 valence electrons. The van der Waals surface area contributed by atoms with Crippen LogP contribution in [-0.4, -0.2) is 0 Å². The van der Waals surface area contributed by atoms with E-state index in [2.05, 4.69) is 71.0 Å². The molecule has 0 fully saturated rings. The summed E-state index contributed by atoms with van der Waals surface area (Å²) in [5.74, 6) is 2.53. The van der Waals surface area contributed by atoms with Crippen LogP contribution in [0.2, 0.25) is 0 Å². The van der Waals surface area contributed by atoms with Gasteiger partial charge in [-0.15, -0.1) is 0 Å². The number of fused-ring (bicyclic) bond motifs is 2. The zero-order chi connectivity index (χ0) is 14.5. The van der Waals surface area contributed by atoms with Crippen LogP contribution in [0, 0.1) is 6.92 Å². The van der Waals surface area contributed by atoms with Gasteiger partial charge in [0.25, 0.3) is 0 Å². The van der Waals surface area contributed by atoms with Gasteiger partial charge in [-0.25, -0.2) is 0 Å². The average Bonchev–Trinajstić information content (AvgIpc) is 2.39. The number of rotatable bonds is 1. The third kappa shape index (κ3) is 1.93. The number of hydrogen-bond acceptors (Lipinski definition) is 1. The van der Waals surface area contributed by atoms with Gasteiger partial charge in [0.05, 0.1) is 0 Å². The fraction of sp³-hybridized carbons (Fsp3) is 0.368. The van der Waals surface area contributed by atoms with Gasteiger partial charge in [-0.3, -0.25) is 0 Å². The smallest absolute Gasteiger partial charge is 0.131 e. The van der Waals surface area contributed by atoms with Crippen molar-refractivity contribution in [2.24, 2.45) is 0 Å². The van der Waals surface area contributed by atoms with Gasteiger partial charge in [-0.2, -0.15) is 0 Å². The van der Waals surface area contributed by atoms with Crippen LogP contribution in [0.1, 0.15) is 55.9 Å². The minimum absolute atomic E-state index is 0.00948. The fourth-order valence-electron chi connectivity index (χ4n) is 2.98. The molecule has 0 N–H and O–H groups in total. The van der Waals surface area contributed by atoms with E-state index in [9.17, 15) is 0 Å². The molecule has 0 aromatic heterocycles. The Morgan fingerprint density at radius 1 is 0.900 bits per heavy atom. The van der Waals surface area contributed by atoms with Crippen LogP contribution < -0.4 is 4.74 Å². The first kappa shape index (κ1) is 13.2. The predicted octanol–water partition coefficient (Wildman–Crippen LogP) is 5.55. The first-order valence-corrected chi connectivity index (χ1v) is 7.33. The first-order chi connectivity index (χ1) is 9.39. The molecule has 0 saturated heterocycles. The van der Waals surface area contributed by atoms with Gasteiger partial charge in [0.1, 0.15) is 11.5 Å². The molecule has 0 spiro atoms. The maximum absolute atomic E-state index is 6.16. The molecule has 0 radical (unpaired) electrons. The van der Waals surface area contributed by atoms with E-state index in [1.54, 1.807) is 0 Å². The highest BCUT2D eigenvalue weighted by atomic mass is 16.5. The number of hydrogen-bond donors (Lipinski definition) is 0. The zero-order valence-electron chi connectivity index (χ0n) is 12.9. The Labute approximate surface area is 121 Å². The van der Waals surface area contributed by atoms with Gasteiger partial charge >= 0.3 is 0 Å². The maximum atomic E-state index is 6.16. The van der Waals surface area contributed by atoms with Crippen LogP contribution in [0.15, 0.2) is 36.4 Å². The van der Waals surface area contributed by atoms with Gasteiger partial charge in [-0.1, -0.05) is 57.5 Å². The standard InChI is InChI=1S/C19H22O/c1-12(2)14-7-8-15-18(11-14)20-17-9-6-13(3)10-16(17)19(15,4)5/h6-12H,1-5H3. The Kier molecular flexibility index (Phi) is 2.89. The van der Waals surface area contributed by atoms with Gasteiger partial charge in [0.15, 0.2) is 0 Å². The van der Waals surface area contributed by atoms with Crippen LogP contribution in [-0.2, 0) is 5.41 Å². The monoisotopic (exact) mass is 266 g/mol. The van der Waals surface area contributed by atoms with E-state index in [1.165, 1.54) is 22.3 Å². The fourth-order valence-corrected chi connectivity index (χ4v) is 2.98. The molecule has 2 aromatic rings. The predicted molar refractivity (Wildman–Crippen MR) is 83.9 cm³/mol. The van der Waals surface area contributed by atoms with E-state index in [0.717, 1.165) is 11.5 Å². The quantitative estimate of drug-likeness (QED) is 0.657. The summed E-state index contributed by atoms with van der Waals surface area (Å²) in [6, 6.07) is 13.1. The average molecular weight is 266 g/mol. The molecule has 0 bridgehead atoms. The molecular formula is C19H22O. The van der Waals surface area contributed by atoms with Gasteiger partial charge < -0.3 is 4.74 Å². The highest BCUT2D eigenvalue weighted by Crippen LogP contribution is 2.48. The van der Waals surface area contributed by atoms with Crippen LogP contribution in [0.25, 0.3) is 0 Å². The van der Waals surface area contributed by atoms with Crippen molar-refractivity contribution in [3.8, 4) is 11.5 Å². The topological polar surface area (TPSA) is 9.23 Å². The zero-order valence-corrected chi connectivity index (χ0v) is 12.9. The largest absolute Gasteiger partial charge is 0.457 e. The molecular weight excluding hydrogens is 244 g/mol. The summed E-state index contributed by atoms with van der Waals surface area (Å²) in [6.45, 7) is 11.1. The second-order valence-electron chi connectivity index (χ2n) is 6.64. The van der Waals surface area contributed by atoms with Crippen molar-refractivity contribution in [2.75, 3.05) is 0 Å². The van der Waals surface area contributed by atoms with E-state index in [-0.39, 0.29) is 5.41 Å². The minimum atomic E-state index is -0.00948. The second kappa shape index (κ2) is 4.37. The molecule has 20 heavy (non-hydrogen) atoms. The highest BCUT2D eigenvalue weighted by Gasteiger charge is 2.34. The molecule has 1 heteroatoms. The Morgan fingerprint density at radius 3 is 2.35 bits per heavy atom. The minimum Gasteiger partial charge on any atom is -0.457 e. The molecule has 1 aliphatic heterocycles. The lowest BCUT2D eigenvalue weighted by Gasteiger charge is -2.35. The Balaban J connectivity index is 2.18. The van der Waals surface area contributed by atoms with E-state index < -0.39 is 0 Å². The van der Waals surface area contributed by atoms with Crippen LogP contribution in [0.4, 0.5) is 0 Å². The molecule has 0 atom stereocenters. The Bertz CT molecular complexity index is 665. The van der Waals surface area contributed by atoms with Crippen molar-refractivity contribution in [1.82, 2.24) is 0 Å². The van der Waals surface area contributed by atoms with Crippen molar-refractivity contribution in [3.63, 3.8) is 0 Å². The molecule has 1 nitrogen and oxygen atoms in total. The molecule has 1 heterocycles. The lowest BCUT2D eigenvalue weighted by Crippen LogP contribution is -2.24. The van der Waals surface area contributed by atoms with Gasteiger partial charge in [0.2, 0.25) is 0 Å². The van der Waals surface area contributed by atoms with Crippen molar-refractivity contribution >= 4 is 0 Å². The van der Waals surface area contributed by atoms with Crippen LogP contribution >= 0.6 is 0 Å². The molecule has 0 aliphatic carbocycles. The van der Waals surface area contributed by atoms with Crippen LogP contribution in [0.3, 0.4) is 0 Å². The molecule has 0 saturated carbocycles. The summed E-state index contributed by atoms with van der Waals surface area (Å²) in [5, 5.41) is 0. The summed E-state index contributed by atoms with van der Waals surface area (Å²) in [5.41, 5.74) is 5.16. The lowest BCUT2D eigenvalue weighted by atomic mass is 9.75. The molecule has 2 aromatic carbocycles. The lowest BCUT2D eigenvalue weighted by molar-refractivity contribution is 0.417. The van der Waals surface area contributed by atoms with Crippen molar-refractivity contribution in [1.29, 1.82) is 0 Å². The maximum Gasteiger partial charge on any atom is 0.131 e. The van der Waals surface area contributed by atoms with E-state index in [0.29, 0.717) is 5.92 Å². The summed E-state index contributed by atoms with van der Waals surface area (Å²) >= 11 is 0. The highest BCUT2D eigenvalue weighted by molar-refractivity contribution is 5.58. The Morgan fingerprint density at radius 2 is 1.65 bits per heavy atom. The van der Waals surface area contributed by atoms with Gasteiger partial charge in [0, 0.05) is 16.5 Å². The summed E-state index contributed by atoms with van der Waals surface area (Å²) < 4.78 is 6.16. The summed E-state index contributed by atoms with van der Waals surface area (Å²) in [6.07, 6.45) is 0. The van der Waals surface area contributed by atoms with E-state index in [4.69, 9.17) is 4.74 Å². The number of benzene rings is 2. The molecule has 0 amide bonds. The third-order valence-corrected chi connectivity index (χ3v) is 4.37. The third-order valence-electron chi connectivity index (χ3n) is 4.37. The van der Waals surface area contributed by atoms with Crippen molar-refractivity contribution in [2.45, 2.75) is 46.0 Å². The van der Waals surface area contributed by atoms with Gasteiger partial charge in [-0.05, 0) is 30.5 Å². The van der Waals surface area contributed by atoms with Crippen molar-refractivity contribution in [3.05, 3.63) is 58.7 Å². The Hall–Kier alpha value is -1.76. The van der Waals surface area contributed by atoms with Crippen LogP contribution in [0.5, 0.6) is 11.5 Å².